The van der Waals surface area contributed by atoms with Crippen LogP contribution in [0, 0.1) is 11.8 Å². The van der Waals surface area contributed by atoms with E-state index in [0.29, 0.717) is 5.92 Å². The van der Waals surface area contributed by atoms with Gasteiger partial charge in [-0.3, -0.25) is 0 Å². The molecule has 1 unspecified atom stereocenters. The highest BCUT2D eigenvalue weighted by atomic mass is 16.3. The van der Waals surface area contributed by atoms with Crippen LogP contribution in [-0.2, 0) is 0 Å². The maximum absolute atomic E-state index is 9.73. The molecule has 0 aromatic carbocycles. The number of hydrogen-bond acceptors (Lipinski definition) is 1. The lowest BCUT2D eigenvalue weighted by molar-refractivity contribution is 0.113. The number of unbranched alkanes of at least 4 members (excludes halogenated alkanes) is 11. The Labute approximate surface area is 141 Å². The van der Waals surface area contributed by atoms with Crippen LogP contribution in [0.15, 0.2) is 0 Å². The van der Waals surface area contributed by atoms with Gasteiger partial charge in [-0.15, -0.1) is 0 Å². The fraction of sp³-hybridized carbons (Fsp3) is 1.00. The molecule has 1 heteroatoms. The van der Waals surface area contributed by atoms with Gasteiger partial charge < -0.3 is 5.11 Å². The molecule has 0 heterocycles. The smallest absolute Gasteiger partial charge is 0.0563 e. The molecule has 1 nitrogen and oxygen atoms in total. The highest BCUT2D eigenvalue weighted by Gasteiger charge is 2.07. The molecule has 0 aliphatic rings. The Hall–Kier alpha value is -0.0400. The summed E-state index contributed by atoms with van der Waals surface area (Å²) in [6, 6.07) is 0. The van der Waals surface area contributed by atoms with Crippen LogP contribution in [0.2, 0.25) is 0 Å². The quantitative estimate of drug-likeness (QED) is 0.301. The van der Waals surface area contributed by atoms with E-state index in [2.05, 4.69) is 27.7 Å². The normalized spacial score (nSPS) is 13.2. The van der Waals surface area contributed by atoms with E-state index in [-0.39, 0.29) is 6.10 Å². The molecule has 0 aromatic heterocycles. The molecule has 134 valence electrons. The predicted octanol–water partition coefficient (Wildman–Crippen LogP) is 7.12. The van der Waals surface area contributed by atoms with Crippen molar-refractivity contribution in [1.29, 1.82) is 0 Å². The van der Waals surface area contributed by atoms with Crippen molar-refractivity contribution < 1.29 is 5.11 Å². The zero-order valence-electron chi connectivity index (χ0n) is 16.1. The summed E-state index contributed by atoms with van der Waals surface area (Å²) in [7, 11) is 0. The topological polar surface area (TPSA) is 20.2 Å². The first-order valence-corrected chi connectivity index (χ1v) is 10.2. The van der Waals surface area contributed by atoms with Crippen molar-refractivity contribution in [3.63, 3.8) is 0 Å². The van der Waals surface area contributed by atoms with Gasteiger partial charge in [-0.05, 0) is 18.3 Å². The molecule has 1 atom stereocenters. The number of aliphatic hydroxyl groups is 1. The molecule has 0 aliphatic heterocycles. The third kappa shape index (κ3) is 16.3. The molecular formula is C21H44O. The van der Waals surface area contributed by atoms with Gasteiger partial charge in [-0.2, -0.15) is 0 Å². The van der Waals surface area contributed by atoms with Crippen molar-refractivity contribution in [3.8, 4) is 0 Å². The van der Waals surface area contributed by atoms with E-state index in [1.165, 1.54) is 83.5 Å². The molecule has 0 aromatic rings. The van der Waals surface area contributed by atoms with Crippen molar-refractivity contribution in [3.05, 3.63) is 0 Å². The molecule has 0 fully saturated rings. The van der Waals surface area contributed by atoms with Crippen LogP contribution in [0.25, 0.3) is 0 Å². The summed E-state index contributed by atoms with van der Waals surface area (Å²) in [4.78, 5) is 0. The second-order valence-corrected chi connectivity index (χ2v) is 8.03. The standard InChI is InChI=1S/C21H44O/c1-19(2)17-15-13-11-9-7-5-6-8-10-12-14-16-18-21(22)20(3)4/h19-22H,5-18H2,1-4H3. The Kier molecular flexibility index (Phi) is 15.8. The fourth-order valence-corrected chi connectivity index (χ4v) is 3.01. The third-order valence-electron chi connectivity index (χ3n) is 4.80. The van der Waals surface area contributed by atoms with E-state index in [1.54, 1.807) is 0 Å². The van der Waals surface area contributed by atoms with E-state index in [1.807, 2.05) is 0 Å². The van der Waals surface area contributed by atoms with Gasteiger partial charge in [0.15, 0.2) is 0 Å². The van der Waals surface area contributed by atoms with Gasteiger partial charge in [0.1, 0.15) is 0 Å². The average Bonchev–Trinajstić information content (AvgIpc) is 2.46. The molecule has 0 saturated heterocycles. The van der Waals surface area contributed by atoms with Gasteiger partial charge in [0.05, 0.1) is 6.10 Å². The van der Waals surface area contributed by atoms with Crippen LogP contribution in [0.4, 0.5) is 0 Å². The Morgan fingerprint density at radius 3 is 1.14 bits per heavy atom. The van der Waals surface area contributed by atoms with E-state index in [4.69, 9.17) is 0 Å². The molecule has 0 spiro atoms. The molecule has 0 bridgehead atoms. The van der Waals surface area contributed by atoms with Gasteiger partial charge in [0.25, 0.3) is 0 Å². The fourth-order valence-electron chi connectivity index (χ4n) is 3.01. The minimum atomic E-state index is -0.0828. The van der Waals surface area contributed by atoms with Crippen LogP contribution in [0.1, 0.15) is 118 Å². The Balaban J connectivity index is 3.06. The molecule has 0 radical (unpaired) electrons. The van der Waals surface area contributed by atoms with Crippen LogP contribution in [0.3, 0.4) is 0 Å². The molecule has 0 rings (SSSR count). The van der Waals surface area contributed by atoms with E-state index in [0.717, 1.165) is 12.3 Å². The largest absolute Gasteiger partial charge is 0.393 e. The van der Waals surface area contributed by atoms with Crippen LogP contribution in [-0.4, -0.2) is 11.2 Å². The summed E-state index contributed by atoms with van der Waals surface area (Å²) in [5.41, 5.74) is 0. The van der Waals surface area contributed by atoms with Crippen molar-refractivity contribution in [2.75, 3.05) is 0 Å². The minimum absolute atomic E-state index is 0.0828. The highest BCUT2D eigenvalue weighted by Crippen LogP contribution is 2.15. The zero-order valence-corrected chi connectivity index (χ0v) is 16.1. The van der Waals surface area contributed by atoms with E-state index >= 15 is 0 Å². The Morgan fingerprint density at radius 1 is 0.500 bits per heavy atom. The summed E-state index contributed by atoms with van der Waals surface area (Å²) in [6.07, 6.45) is 19.1. The van der Waals surface area contributed by atoms with E-state index < -0.39 is 0 Å². The second kappa shape index (κ2) is 15.8. The molecule has 0 aliphatic carbocycles. The Morgan fingerprint density at radius 2 is 0.818 bits per heavy atom. The number of hydrogen-bond donors (Lipinski definition) is 1. The second-order valence-electron chi connectivity index (χ2n) is 8.03. The summed E-state index contributed by atoms with van der Waals surface area (Å²) in [5.74, 6) is 1.30. The zero-order chi connectivity index (χ0) is 16.6. The number of rotatable bonds is 16. The van der Waals surface area contributed by atoms with Gasteiger partial charge in [-0.25, -0.2) is 0 Å². The summed E-state index contributed by atoms with van der Waals surface area (Å²) in [5, 5.41) is 9.73. The maximum atomic E-state index is 9.73. The molecular weight excluding hydrogens is 268 g/mol. The molecule has 22 heavy (non-hydrogen) atoms. The van der Waals surface area contributed by atoms with Crippen LogP contribution >= 0.6 is 0 Å². The average molecular weight is 313 g/mol. The predicted molar refractivity (Wildman–Crippen MR) is 100 cm³/mol. The minimum Gasteiger partial charge on any atom is -0.393 e. The van der Waals surface area contributed by atoms with Crippen molar-refractivity contribution in [2.45, 2.75) is 124 Å². The van der Waals surface area contributed by atoms with Gasteiger partial charge in [0, 0.05) is 0 Å². The van der Waals surface area contributed by atoms with Crippen LogP contribution in [0.5, 0.6) is 0 Å². The monoisotopic (exact) mass is 312 g/mol. The van der Waals surface area contributed by atoms with Gasteiger partial charge >= 0.3 is 0 Å². The van der Waals surface area contributed by atoms with Crippen molar-refractivity contribution >= 4 is 0 Å². The van der Waals surface area contributed by atoms with Crippen molar-refractivity contribution in [2.24, 2.45) is 11.8 Å². The van der Waals surface area contributed by atoms with Gasteiger partial charge in [0.2, 0.25) is 0 Å². The SMILES string of the molecule is CC(C)CCCCCCCCCCCCCCC(O)C(C)C. The summed E-state index contributed by atoms with van der Waals surface area (Å²) in [6.45, 7) is 8.86. The molecule has 1 N–H and O–H groups in total. The lowest BCUT2D eigenvalue weighted by atomic mass is 9.99. The summed E-state index contributed by atoms with van der Waals surface area (Å²) >= 11 is 0. The molecule has 0 amide bonds. The maximum Gasteiger partial charge on any atom is 0.0563 e. The Bertz CT molecular complexity index is 210. The van der Waals surface area contributed by atoms with Gasteiger partial charge in [-0.1, -0.05) is 111 Å². The summed E-state index contributed by atoms with van der Waals surface area (Å²) < 4.78 is 0. The van der Waals surface area contributed by atoms with E-state index in [9.17, 15) is 5.11 Å². The van der Waals surface area contributed by atoms with Crippen LogP contribution < -0.4 is 0 Å². The molecule has 0 saturated carbocycles. The lowest BCUT2D eigenvalue weighted by Crippen LogP contribution is -2.13. The first-order valence-electron chi connectivity index (χ1n) is 10.2. The third-order valence-corrected chi connectivity index (χ3v) is 4.80. The first-order chi connectivity index (χ1) is 10.5. The van der Waals surface area contributed by atoms with Crippen molar-refractivity contribution in [1.82, 2.24) is 0 Å². The number of aliphatic hydroxyl groups excluding tert-OH is 1. The first kappa shape index (κ1) is 22.0. The lowest BCUT2D eigenvalue weighted by Gasteiger charge is -2.13. The highest BCUT2D eigenvalue weighted by molar-refractivity contribution is 4.59.